The van der Waals surface area contributed by atoms with E-state index < -0.39 is 11.9 Å². The fourth-order valence-electron chi connectivity index (χ4n) is 1.95. The molecule has 4 nitrogen and oxygen atoms in total. The fraction of sp³-hybridized carbons (Fsp3) is 0.214. The molecule has 2 aromatic rings. The molecule has 1 aromatic carbocycles. The van der Waals surface area contributed by atoms with Gasteiger partial charge in [0.15, 0.2) is 11.5 Å². The lowest BCUT2D eigenvalue weighted by molar-refractivity contribution is 0.169. The quantitative estimate of drug-likeness (QED) is 0.899. The van der Waals surface area contributed by atoms with Gasteiger partial charge in [-0.3, -0.25) is 4.98 Å². The van der Waals surface area contributed by atoms with Crippen LogP contribution in [0.5, 0.6) is 11.5 Å². The lowest BCUT2D eigenvalue weighted by Crippen LogP contribution is -2.15. The maximum absolute atomic E-state index is 12.8. The van der Waals surface area contributed by atoms with Crippen molar-refractivity contribution in [3.63, 3.8) is 0 Å². The average molecular weight is 261 g/mol. The summed E-state index contributed by atoms with van der Waals surface area (Å²) in [7, 11) is 0. The van der Waals surface area contributed by atoms with Crippen molar-refractivity contribution in [2.45, 2.75) is 6.10 Å². The predicted octanol–water partition coefficient (Wildman–Crippen LogP) is 2.07. The van der Waals surface area contributed by atoms with Gasteiger partial charge in [-0.2, -0.15) is 0 Å². The first-order valence-corrected chi connectivity index (χ1v) is 5.93. The van der Waals surface area contributed by atoms with Gasteiger partial charge in [-0.05, 0) is 29.8 Å². The van der Waals surface area contributed by atoms with E-state index in [0.29, 0.717) is 36.0 Å². The maximum atomic E-state index is 12.8. The minimum absolute atomic E-state index is 0.387. The number of benzene rings is 1. The van der Waals surface area contributed by atoms with Crippen molar-refractivity contribution in [3.05, 3.63) is 53.6 Å². The van der Waals surface area contributed by atoms with Crippen molar-refractivity contribution in [2.75, 3.05) is 13.2 Å². The minimum atomic E-state index is -0.920. The molecule has 1 atom stereocenters. The SMILES string of the molecule is OC(c1ccc2c(c1)OCCO2)c1ccc(F)cn1. The first-order chi connectivity index (χ1) is 9.24. The van der Waals surface area contributed by atoms with Gasteiger partial charge in [0.25, 0.3) is 0 Å². The van der Waals surface area contributed by atoms with E-state index in [1.807, 2.05) is 0 Å². The van der Waals surface area contributed by atoms with Gasteiger partial charge >= 0.3 is 0 Å². The van der Waals surface area contributed by atoms with Gasteiger partial charge in [0.1, 0.15) is 25.1 Å². The van der Waals surface area contributed by atoms with Crippen LogP contribution >= 0.6 is 0 Å². The third-order valence-corrected chi connectivity index (χ3v) is 2.91. The van der Waals surface area contributed by atoms with Crippen molar-refractivity contribution in [1.82, 2.24) is 4.98 Å². The van der Waals surface area contributed by atoms with Crippen LogP contribution in [0.2, 0.25) is 0 Å². The number of hydrogen-bond donors (Lipinski definition) is 1. The molecule has 98 valence electrons. The maximum Gasteiger partial charge on any atom is 0.161 e. The highest BCUT2D eigenvalue weighted by molar-refractivity contribution is 5.45. The van der Waals surface area contributed by atoms with Crippen LogP contribution in [0.3, 0.4) is 0 Å². The molecule has 5 heteroatoms. The number of hydrogen-bond acceptors (Lipinski definition) is 4. The summed E-state index contributed by atoms with van der Waals surface area (Å²) in [5.74, 6) is 0.831. The molecule has 0 spiro atoms. The Morgan fingerprint density at radius 3 is 2.63 bits per heavy atom. The zero-order valence-corrected chi connectivity index (χ0v) is 10.0. The second-order valence-corrected chi connectivity index (χ2v) is 4.21. The number of aliphatic hydroxyl groups excluding tert-OH is 1. The molecular weight excluding hydrogens is 249 g/mol. The summed E-state index contributed by atoms with van der Waals surface area (Å²) in [6, 6.07) is 7.92. The zero-order valence-electron chi connectivity index (χ0n) is 10.0. The molecule has 2 heterocycles. The van der Waals surface area contributed by atoms with Gasteiger partial charge in [-0.15, -0.1) is 0 Å². The fourth-order valence-corrected chi connectivity index (χ4v) is 1.95. The normalized spacial score (nSPS) is 15.1. The Morgan fingerprint density at radius 2 is 1.89 bits per heavy atom. The summed E-state index contributed by atoms with van der Waals surface area (Å²) < 4.78 is 23.7. The zero-order chi connectivity index (χ0) is 13.2. The van der Waals surface area contributed by atoms with E-state index in [1.165, 1.54) is 12.1 Å². The summed E-state index contributed by atoms with van der Waals surface area (Å²) in [5.41, 5.74) is 1.02. The molecule has 0 radical (unpaired) electrons. The lowest BCUT2D eigenvalue weighted by atomic mass is 10.1. The Bertz CT molecular complexity index is 586. The van der Waals surface area contributed by atoms with Gasteiger partial charge in [-0.25, -0.2) is 4.39 Å². The van der Waals surface area contributed by atoms with Crippen molar-refractivity contribution < 1.29 is 19.0 Å². The van der Waals surface area contributed by atoms with Gasteiger partial charge in [0.2, 0.25) is 0 Å². The molecule has 0 saturated carbocycles. The highest BCUT2D eigenvalue weighted by atomic mass is 19.1. The first-order valence-electron chi connectivity index (χ1n) is 5.93. The van der Waals surface area contributed by atoms with E-state index in [4.69, 9.17) is 9.47 Å². The Kier molecular flexibility index (Phi) is 3.05. The van der Waals surface area contributed by atoms with Crippen LogP contribution in [-0.4, -0.2) is 23.3 Å². The van der Waals surface area contributed by atoms with Crippen LogP contribution < -0.4 is 9.47 Å². The molecule has 0 amide bonds. The number of ether oxygens (including phenoxy) is 2. The molecule has 1 aliphatic rings. The van der Waals surface area contributed by atoms with Crippen LogP contribution in [0, 0.1) is 5.82 Å². The molecule has 19 heavy (non-hydrogen) atoms. The molecular formula is C14H12FNO3. The van der Waals surface area contributed by atoms with E-state index in [1.54, 1.807) is 18.2 Å². The average Bonchev–Trinajstić information content (AvgIpc) is 2.47. The van der Waals surface area contributed by atoms with Crippen LogP contribution in [0.4, 0.5) is 4.39 Å². The second kappa shape index (κ2) is 4.85. The van der Waals surface area contributed by atoms with Gasteiger partial charge < -0.3 is 14.6 Å². The molecule has 0 fully saturated rings. The third kappa shape index (κ3) is 2.37. The van der Waals surface area contributed by atoms with Crippen LogP contribution in [0.15, 0.2) is 36.5 Å². The summed E-state index contributed by atoms with van der Waals surface area (Å²) in [4.78, 5) is 3.87. The first kappa shape index (κ1) is 11.9. The number of rotatable bonds is 2. The minimum Gasteiger partial charge on any atom is -0.486 e. The predicted molar refractivity (Wildman–Crippen MR) is 65.7 cm³/mol. The Balaban J connectivity index is 1.91. The van der Waals surface area contributed by atoms with Crippen LogP contribution in [-0.2, 0) is 0 Å². The molecule has 3 rings (SSSR count). The van der Waals surface area contributed by atoms with Gasteiger partial charge in [0.05, 0.1) is 11.9 Å². The number of fused-ring (bicyclic) bond motifs is 1. The third-order valence-electron chi connectivity index (χ3n) is 2.91. The molecule has 1 N–H and O–H groups in total. The number of aromatic nitrogens is 1. The second-order valence-electron chi connectivity index (χ2n) is 4.21. The van der Waals surface area contributed by atoms with Crippen molar-refractivity contribution >= 4 is 0 Å². The molecule has 0 bridgehead atoms. The van der Waals surface area contributed by atoms with E-state index in [-0.39, 0.29) is 0 Å². The molecule has 0 saturated heterocycles. The highest BCUT2D eigenvalue weighted by Gasteiger charge is 2.17. The molecule has 1 aromatic heterocycles. The number of nitrogens with zero attached hydrogens (tertiary/aromatic N) is 1. The lowest BCUT2D eigenvalue weighted by Gasteiger charge is -2.20. The standard InChI is InChI=1S/C14H12FNO3/c15-10-2-3-11(16-8-10)14(17)9-1-4-12-13(7-9)19-6-5-18-12/h1-4,7-8,14,17H,5-6H2. The van der Waals surface area contributed by atoms with Crippen LogP contribution in [0.1, 0.15) is 17.4 Å². The topological polar surface area (TPSA) is 51.6 Å². The van der Waals surface area contributed by atoms with Crippen LogP contribution in [0.25, 0.3) is 0 Å². The van der Waals surface area contributed by atoms with Crippen molar-refractivity contribution in [1.29, 1.82) is 0 Å². The van der Waals surface area contributed by atoms with Crippen molar-refractivity contribution in [3.8, 4) is 11.5 Å². The largest absolute Gasteiger partial charge is 0.486 e. The Morgan fingerprint density at radius 1 is 1.11 bits per heavy atom. The van der Waals surface area contributed by atoms with Gasteiger partial charge in [0, 0.05) is 0 Å². The Hall–Kier alpha value is -2.14. The highest BCUT2D eigenvalue weighted by Crippen LogP contribution is 2.33. The number of aliphatic hydroxyl groups is 1. The Labute approximate surface area is 109 Å². The summed E-state index contributed by atoms with van der Waals surface area (Å²) in [6.07, 6.45) is 0.160. The van der Waals surface area contributed by atoms with Gasteiger partial charge in [-0.1, -0.05) is 6.07 Å². The summed E-state index contributed by atoms with van der Waals surface area (Å²) in [5, 5.41) is 10.2. The molecule has 1 unspecified atom stereocenters. The molecule has 0 aliphatic carbocycles. The van der Waals surface area contributed by atoms with E-state index in [0.717, 1.165) is 6.20 Å². The smallest absolute Gasteiger partial charge is 0.161 e. The van der Waals surface area contributed by atoms with E-state index >= 15 is 0 Å². The monoisotopic (exact) mass is 261 g/mol. The van der Waals surface area contributed by atoms with E-state index in [9.17, 15) is 9.50 Å². The van der Waals surface area contributed by atoms with E-state index in [2.05, 4.69) is 4.98 Å². The number of halogens is 1. The summed E-state index contributed by atoms with van der Waals surface area (Å²) >= 11 is 0. The molecule has 1 aliphatic heterocycles. The summed E-state index contributed by atoms with van der Waals surface area (Å²) in [6.45, 7) is 1.01. The number of pyridine rings is 1. The van der Waals surface area contributed by atoms with Crippen molar-refractivity contribution in [2.24, 2.45) is 0 Å².